The molecule has 0 unspecified atom stereocenters. The molecule has 0 radical (unpaired) electrons. The molecule has 2 N–H and O–H groups in total. The van der Waals surface area contributed by atoms with Crippen molar-refractivity contribution >= 4 is 27.3 Å². The summed E-state index contributed by atoms with van der Waals surface area (Å²) in [6.07, 6.45) is 4.45. The van der Waals surface area contributed by atoms with Gasteiger partial charge in [0.25, 0.3) is 0 Å². The zero-order valence-corrected chi connectivity index (χ0v) is 11.3. The SMILES string of the molecule is CS(=O)(=O)c1ccc(Sc2ccncc2N)cc1. The second-order valence-electron chi connectivity index (χ2n) is 3.76. The molecular weight excluding hydrogens is 268 g/mol. The van der Waals surface area contributed by atoms with Gasteiger partial charge in [-0.1, -0.05) is 11.8 Å². The van der Waals surface area contributed by atoms with Crippen LogP contribution in [0.25, 0.3) is 0 Å². The molecule has 0 amide bonds. The molecule has 0 bridgehead atoms. The van der Waals surface area contributed by atoms with Gasteiger partial charge in [0.1, 0.15) is 0 Å². The van der Waals surface area contributed by atoms with Gasteiger partial charge in [-0.05, 0) is 30.3 Å². The second-order valence-corrected chi connectivity index (χ2v) is 6.89. The number of benzene rings is 1. The fourth-order valence-corrected chi connectivity index (χ4v) is 2.82. The Hall–Kier alpha value is -1.53. The Kier molecular flexibility index (Phi) is 3.58. The van der Waals surface area contributed by atoms with Crippen LogP contribution in [-0.4, -0.2) is 19.7 Å². The maximum absolute atomic E-state index is 11.3. The summed E-state index contributed by atoms with van der Waals surface area (Å²) in [6, 6.07) is 8.54. The van der Waals surface area contributed by atoms with E-state index in [1.165, 1.54) is 18.0 Å². The van der Waals surface area contributed by atoms with E-state index < -0.39 is 9.84 Å². The minimum atomic E-state index is -3.14. The number of hydrogen-bond acceptors (Lipinski definition) is 5. The average molecular weight is 280 g/mol. The van der Waals surface area contributed by atoms with Crippen LogP contribution in [0, 0.1) is 0 Å². The molecule has 1 heterocycles. The van der Waals surface area contributed by atoms with E-state index in [4.69, 9.17) is 5.73 Å². The summed E-state index contributed by atoms with van der Waals surface area (Å²) in [7, 11) is -3.14. The molecule has 0 aliphatic rings. The van der Waals surface area contributed by atoms with Gasteiger partial charge in [0.05, 0.1) is 16.8 Å². The van der Waals surface area contributed by atoms with Crippen LogP contribution in [0.2, 0.25) is 0 Å². The van der Waals surface area contributed by atoms with Crippen molar-refractivity contribution in [2.24, 2.45) is 0 Å². The van der Waals surface area contributed by atoms with Gasteiger partial charge in [0, 0.05) is 22.2 Å². The summed E-state index contributed by atoms with van der Waals surface area (Å²) in [5.41, 5.74) is 6.39. The van der Waals surface area contributed by atoms with E-state index in [1.54, 1.807) is 36.7 Å². The van der Waals surface area contributed by atoms with Crippen molar-refractivity contribution < 1.29 is 8.42 Å². The molecule has 0 saturated heterocycles. The van der Waals surface area contributed by atoms with Gasteiger partial charge in [-0.3, -0.25) is 4.98 Å². The Morgan fingerprint density at radius 2 is 1.83 bits per heavy atom. The van der Waals surface area contributed by atoms with E-state index in [1.807, 2.05) is 6.07 Å². The van der Waals surface area contributed by atoms with E-state index in [2.05, 4.69) is 4.98 Å². The fraction of sp³-hybridized carbons (Fsp3) is 0.0833. The standard InChI is InChI=1S/C12H12N2O2S2/c1-18(15,16)10-4-2-9(3-5-10)17-12-6-7-14-8-11(12)13/h2-8H,13H2,1H3. The maximum atomic E-state index is 11.3. The molecule has 1 aromatic carbocycles. The van der Waals surface area contributed by atoms with Crippen LogP contribution in [-0.2, 0) is 9.84 Å². The highest BCUT2D eigenvalue weighted by Gasteiger charge is 2.07. The Bertz CT molecular complexity index is 652. The monoisotopic (exact) mass is 280 g/mol. The molecule has 18 heavy (non-hydrogen) atoms. The molecule has 2 aromatic rings. The minimum Gasteiger partial charge on any atom is -0.397 e. The highest BCUT2D eigenvalue weighted by Crippen LogP contribution is 2.31. The fourth-order valence-electron chi connectivity index (χ4n) is 1.37. The lowest BCUT2D eigenvalue weighted by molar-refractivity contribution is 0.602. The smallest absolute Gasteiger partial charge is 0.175 e. The van der Waals surface area contributed by atoms with Gasteiger partial charge < -0.3 is 5.73 Å². The quantitative estimate of drug-likeness (QED) is 0.933. The largest absolute Gasteiger partial charge is 0.397 e. The van der Waals surface area contributed by atoms with Crippen LogP contribution in [0.4, 0.5) is 5.69 Å². The van der Waals surface area contributed by atoms with Gasteiger partial charge in [-0.25, -0.2) is 8.42 Å². The number of nitrogens with zero attached hydrogens (tertiary/aromatic N) is 1. The lowest BCUT2D eigenvalue weighted by Gasteiger charge is -2.05. The molecule has 1 aromatic heterocycles. The van der Waals surface area contributed by atoms with E-state index in [0.29, 0.717) is 10.6 Å². The van der Waals surface area contributed by atoms with Gasteiger partial charge in [0.15, 0.2) is 9.84 Å². The van der Waals surface area contributed by atoms with E-state index >= 15 is 0 Å². The van der Waals surface area contributed by atoms with Crippen molar-refractivity contribution in [3.8, 4) is 0 Å². The van der Waals surface area contributed by atoms with Gasteiger partial charge in [-0.2, -0.15) is 0 Å². The highest BCUT2D eigenvalue weighted by molar-refractivity contribution is 7.99. The Labute approximate surface area is 110 Å². The van der Waals surface area contributed by atoms with Crippen LogP contribution in [0.1, 0.15) is 0 Å². The zero-order valence-electron chi connectivity index (χ0n) is 9.70. The molecule has 4 nitrogen and oxygen atoms in total. The Balaban J connectivity index is 2.24. The van der Waals surface area contributed by atoms with Crippen molar-refractivity contribution in [3.63, 3.8) is 0 Å². The van der Waals surface area contributed by atoms with E-state index in [0.717, 1.165) is 9.79 Å². The molecule has 2 rings (SSSR count). The summed E-state index contributed by atoms with van der Waals surface area (Å²) in [5.74, 6) is 0. The first-order chi connectivity index (χ1) is 8.47. The number of aromatic nitrogens is 1. The van der Waals surface area contributed by atoms with Crippen LogP contribution in [0.3, 0.4) is 0 Å². The first-order valence-electron chi connectivity index (χ1n) is 5.14. The zero-order chi connectivity index (χ0) is 13.2. The first kappa shape index (κ1) is 12.9. The third-order valence-corrected chi connectivity index (χ3v) is 4.52. The van der Waals surface area contributed by atoms with Gasteiger partial charge in [-0.15, -0.1) is 0 Å². The molecule has 6 heteroatoms. The molecule has 0 spiro atoms. The van der Waals surface area contributed by atoms with Crippen LogP contribution in [0.15, 0.2) is 57.4 Å². The van der Waals surface area contributed by atoms with Crippen molar-refractivity contribution in [1.29, 1.82) is 0 Å². The number of nitrogens with two attached hydrogens (primary N) is 1. The lowest BCUT2D eigenvalue weighted by Crippen LogP contribution is -1.96. The van der Waals surface area contributed by atoms with Gasteiger partial charge >= 0.3 is 0 Å². The topological polar surface area (TPSA) is 73.0 Å². The Morgan fingerprint density at radius 3 is 2.39 bits per heavy atom. The van der Waals surface area contributed by atoms with Crippen LogP contribution < -0.4 is 5.73 Å². The number of sulfone groups is 1. The molecular formula is C12H12N2O2S2. The molecule has 0 aliphatic carbocycles. The summed E-state index contributed by atoms with van der Waals surface area (Å²) < 4.78 is 22.6. The van der Waals surface area contributed by atoms with Gasteiger partial charge in [0.2, 0.25) is 0 Å². The predicted octanol–water partition coefficient (Wildman–Crippen LogP) is 2.22. The van der Waals surface area contributed by atoms with Crippen LogP contribution >= 0.6 is 11.8 Å². The average Bonchev–Trinajstić information content (AvgIpc) is 2.32. The van der Waals surface area contributed by atoms with Crippen molar-refractivity contribution in [1.82, 2.24) is 4.98 Å². The number of rotatable bonds is 3. The number of hydrogen-bond donors (Lipinski definition) is 1. The molecule has 0 saturated carbocycles. The van der Waals surface area contributed by atoms with Crippen molar-refractivity contribution in [2.75, 3.05) is 12.0 Å². The number of nitrogen functional groups attached to an aromatic ring is 1. The summed E-state index contributed by atoms with van der Waals surface area (Å²) in [5, 5.41) is 0. The number of pyridine rings is 1. The van der Waals surface area contributed by atoms with E-state index in [-0.39, 0.29) is 0 Å². The molecule has 0 atom stereocenters. The lowest BCUT2D eigenvalue weighted by atomic mass is 10.4. The first-order valence-corrected chi connectivity index (χ1v) is 7.85. The normalized spacial score (nSPS) is 11.4. The van der Waals surface area contributed by atoms with Crippen LogP contribution in [0.5, 0.6) is 0 Å². The third kappa shape index (κ3) is 3.02. The molecule has 0 fully saturated rings. The van der Waals surface area contributed by atoms with Crippen molar-refractivity contribution in [3.05, 3.63) is 42.7 Å². The highest BCUT2D eigenvalue weighted by atomic mass is 32.2. The van der Waals surface area contributed by atoms with Crippen molar-refractivity contribution in [2.45, 2.75) is 14.7 Å². The summed E-state index contributed by atoms with van der Waals surface area (Å²) in [6.45, 7) is 0. The predicted molar refractivity (Wildman–Crippen MR) is 72.3 cm³/mol. The third-order valence-electron chi connectivity index (χ3n) is 2.29. The summed E-state index contributed by atoms with van der Waals surface area (Å²) >= 11 is 1.47. The number of anilines is 1. The Morgan fingerprint density at radius 1 is 1.17 bits per heavy atom. The summed E-state index contributed by atoms with van der Waals surface area (Å²) in [4.78, 5) is 6.06. The molecule has 0 aliphatic heterocycles. The van der Waals surface area contributed by atoms with E-state index in [9.17, 15) is 8.42 Å². The second kappa shape index (κ2) is 4.99. The molecule has 94 valence electrons. The minimum absolute atomic E-state index is 0.314. The maximum Gasteiger partial charge on any atom is 0.175 e.